The van der Waals surface area contributed by atoms with Crippen LogP contribution in [0.25, 0.3) is 0 Å². The second-order valence-electron chi connectivity index (χ2n) is 5.15. The third-order valence-electron chi connectivity index (χ3n) is 3.45. The Hall–Kier alpha value is -2.17. The summed E-state index contributed by atoms with van der Waals surface area (Å²) in [7, 11) is 1.79. The van der Waals surface area contributed by atoms with Crippen LogP contribution >= 0.6 is 0 Å². The van der Waals surface area contributed by atoms with Crippen molar-refractivity contribution in [2.75, 3.05) is 7.05 Å². The first kappa shape index (κ1) is 14.2. The predicted octanol–water partition coefficient (Wildman–Crippen LogP) is 2.69. The van der Waals surface area contributed by atoms with Gasteiger partial charge in [-0.05, 0) is 44.5 Å². The molecular formula is C15H20N4O. The van der Waals surface area contributed by atoms with Crippen molar-refractivity contribution in [3.63, 3.8) is 0 Å². The zero-order chi connectivity index (χ0) is 14.7. The van der Waals surface area contributed by atoms with Crippen LogP contribution in [-0.2, 0) is 0 Å². The molecule has 1 unspecified atom stereocenters. The van der Waals surface area contributed by atoms with Gasteiger partial charge in [0, 0.05) is 31.7 Å². The van der Waals surface area contributed by atoms with Crippen LogP contribution in [0.3, 0.4) is 0 Å². The molecule has 0 bridgehead atoms. The lowest BCUT2D eigenvalue weighted by Crippen LogP contribution is -2.30. The van der Waals surface area contributed by atoms with Crippen molar-refractivity contribution in [3.05, 3.63) is 48.0 Å². The number of aromatic nitrogens is 3. The Balaban J connectivity index is 2.15. The number of rotatable bonds is 4. The fourth-order valence-corrected chi connectivity index (χ4v) is 1.96. The van der Waals surface area contributed by atoms with Gasteiger partial charge in [0.25, 0.3) is 5.91 Å². The third-order valence-corrected chi connectivity index (χ3v) is 3.45. The number of carbonyl (C=O) groups is 1. The van der Waals surface area contributed by atoms with Gasteiger partial charge in [0.15, 0.2) is 0 Å². The van der Waals surface area contributed by atoms with Crippen molar-refractivity contribution in [2.24, 2.45) is 0 Å². The van der Waals surface area contributed by atoms with Crippen molar-refractivity contribution >= 4 is 5.91 Å². The molecule has 0 aromatic carbocycles. The summed E-state index contributed by atoms with van der Waals surface area (Å²) in [6.07, 6.45) is 5.30. The van der Waals surface area contributed by atoms with Gasteiger partial charge in [0.1, 0.15) is 5.69 Å². The van der Waals surface area contributed by atoms with E-state index in [1.807, 2.05) is 39.1 Å². The van der Waals surface area contributed by atoms with Crippen LogP contribution < -0.4 is 0 Å². The molecule has 5 nitrogen and oxygen atoms in total. The second-order valence-corrected chi connectivity index (χ2v) is 5.15. The molecule has 106 valence electrons. The number of pyridine rings is 1. The summed E-state index contributed by atoms with van der Waals surface area (Å²) in [6, 6.07) is 5.83. The highest BCUT2D eigenvalue weighted by molar-refractivity contribution is 5.92. The van der Waals surface area contributed by atoms with Gasteiger partial charge in [-0.25, -0.2) is 0 Å². The molecule has 0 aliphatic carbocycles. The summed E-state index contributed by atoms with van der Waals surface area (Å²) in [4.78, 5) is 18.1. The molecule has 1 amide bonds. The van der Waals surface area contributed by atoms with Crippen LogP contribution in [-0.4, -0.2) is 32.6 Å². The molecule has 1 atom stereocenters. The third kappa shape index (κ3) is 2.87. The van der Waals surface area contributed by atoms with E-state index in [9.17, 15) is 4.79 Å². The van der Waals surface area contributed by atoms with Crippen LogP contribution in [0.15, 0.2) is 36.8 Å². The standard InChI is InChI=1S/C15H20N4O/c1-11(2)19-10-7-14(17-19)15(20)18(4)12(3)13-5-8-16-9-6-13/h5-12H,1-4H3. The van der Waals surface area contributed by atoms with Gasteiger partial charge in [0.05, 0.1) is 6.04 Å². The first-order valence-electron chi connectivity index (χ1n) is 6.73. The molecule has 2 rings (SSSR count). The van der Waals surface area contributed by atoms with Crippen LogP contribution in [0.4, 0.5) is 0 Å². The minimum absolute atomic E-state index is 0.0188. The van der Waals surface area contributed by atoms with E-state index >= 15 is 0 Å². The Morgan fingerprint density at radius 1 is 1.20 bits per heavy atom. The number of carbonyl (C=O) groups excluding carboxylic acids is 1. The molecule has 2 aromatic rings. The molecule has 5 heteroatoms. The van der Waals surface area contributed by atoms with E-state index in [2.05, 4.69) is 10.1 Å². The number of nitrogens with zero attached hydrogens (tertiary/aromatic N) is 4. The molecule has 0 spiro atoms. The van der Waals surface area contributed by atoms with Crippen molar-refractivity contribution in [2.45, 2.75) is 32.9 Å². The maximum Gasteiger partial charge on any atom is 0.274 e. The van der Waals surface area contributed by atoms with E-state index in [-0.39, 0.29) is 18.0 Å². The van der Waals surface area contributed by atoms with Gasteiger partial charge in [-0.15, -0.1) is 0 Å². The van der Waals surface area contributed by atoms with Gasteiger partial charge in [0.2, 0.25) is 0 Å². The lowest BCUT2D eigenvalue weighted by molar-refractivity contribution is 0.0735. The zero-order valence-electron chi connectivity index (χ0n) is 12.3. The van der Waals surface area contributed by atoms with E-state index in [4.69, 9.17) is 0 Å². The Labute approximate surface area is 119 Å². The van der Waals surface area contributed by atoms with Crippen molar-refractivity contribution in [1.82, 2.24) is 19.7 Å². The molecule has 0 saturated heterocycles. The van der Waals surface area contributed by atoms with Gasteiger partial charge in [-0.3, -0.25) is 14.5 Å². The number of hydrogen-bond donors (Lipinski definition) is 0. The molecule has 0 saturated carbocycles. The number of hydrogen-bond acceptors (Lipinski definition) is 3. The fourth-order valence-electron chi connectivity index (χ4n) is 1.96. The maximum absolute atomic E-state index is 12.4. The fraction of sp³-hybridized carbons (Fsp3) is 0.400. The summed E-state index contributed by atoms with van der Waals surface area (Å²) >= 11 is 0. The topological polar surface area (TPSA) is 51.0 Å². The summed E-state index contributed by atoms with van der Waals surface area (Å²) in [5, 5.41) is 4.32. The van der Waals surface area contributed by atoms with E-state index in [1.165, 1.54) is 0 Å². The van der Waals surface area contributed by atoms with Crippen LogP contribution in [0.1, 0.15) is 48.9 Å². The van der Waals surface area contributed by atoms with Crippen LogP contribution in [0.2, 0.25) is 0 Å². The molecule has 2 heterocycles. The highest BCUT2D eigenvalue weighted by Crippen LogP contribution is 2.19. The lowest BCUT2D eigenvalue weighted by atomic mass is 10.1. The molecule has 2 aromatic heterocycles. The van der Waals surface area contributed by atoms with Gasteiger partial charge >= 0.3 is 0 Å². The smallest absolute Gasteiger partial charge is 0.274 e. The Morgan fingerprint density at radius 3 is 2.40 bits per heavy atom. The van der Waals surface area contributed by atoms with Crippen LogP contribution in [0.5, 0.6) is 0 Å². The highest BCUT2D eigenvalue weighted by atomic mass is 16.2. The lowest BCUT2D eigenvalue weighted by Gasteiger charge is -2.24. The van der Waals surface area contributed by atoms with Crippen molar-refractivity contribution in [3.8, 4) is 0 Å². The zero-order valence-corrected chi connectivity index (χ0v) is 12.3. The predicted molar refractivity (Wildman–Crippen MR) is 77.4 cm³/mol. The van der Waals surface area contributed by atoms with Gasteiger partial charge in [-0.2, -0.15) is 5.10 Å². The molecule has 0 radical (unpaired) electrons. The molecule has 0 N–H and O–H groups in total. The largest absolute Gasteiger partial charge is 0.334 e. The first-order valence-corrected chi connectivity index (χ1v) is 6.73. The average molecular weight is 272 g/mol. The van der Waals surface area contributed by atoms with E-state index in [1.54, 1.807) is 35.1 Å². The minimum Gasteiger partial charge on any atom is -0.334 e. The Kier molecular flexibility index (Phi) is 4.17. The van der Waals surface area contributed by atoms with Gasteiger partial charge in [-0.1, -0.05) is 0 Å². The molecular weight excluding hydrogens is 252 g/mol. The normalized spacial score (nSPS) is 12.4. The summed E-state index contributed by atoms with van der Waals surface area (Å²) in [5.74, 6) is -0.0753. The highest BCUT2D eigenvalue weighted by Gasteiger charge is 2.21. The second kappa shape index (κ2) is 5.86. The molecule has 0 aliphatic heterocycles. The van der Waals surface area contributed by atoms with Crippen LogP contribution in [0, 0.1) is 0 Å². The molecule has 0 aliphatic rings. The maximum atomic E-state index is 12.4. The monoisotopic (exact) mass is 272 g/mol. The minimum atomic E-state index is -0.0753. The summed E-state index contributed by atoms with van der Waals surface area (Å²) in [6.45, 7) is 6.06. The van der Waals surface area contributed by atoms with Crippen molar-refractivity contribution in [1.29, 1.82) is 0 Å². The number of amides is 1. The Morgan fingerprint density at radius 2 is 1.85 bits per heavy atom. The van der Waals surface area contributed by atoms with Crippen molar-refractivity contribution < 1.29 is 4.79 Å². The quantitative estimate of drug-likeness (QED) is 0.860. The summed E-state index contributed by atoms with van der Waals surface area (Å²) < 4.78 is 1.79. The average Bonchev–Trinajstić information content (AvgIpc) is 2.96. The Bertz CT molecular complexity index is 577. The van der Waals surface area contributed by atoms with E-state index in [0.717, 1.165) is 5.56 Å². The SMILES string of the molecule is CC(c1ccncc1)N(C)C(=O)c1ccn(C(C)C)n1. The van der Waals surface area contributed by atoms with E-state index in [0.29, 0.717) is 5.69 Å². The summed E-state index contributed by atoms with van der Waals surface area (Å²) in [5.41, 5.74) is 1.53. The first-order chi connectivity index (χ1) is 9.50. The van der Waals surface area contributed by atoms with Gasteiger partial charge < -0.3 is 4.90 Å². The van der Waals surface area contributed by atoms with E-state index < -0.39 is 0 Å². The molecule has 20 heavy (non-hydrogen) atoms. The molecule has 0 fully saturated rings.